The fourth-order valence-electron chi connectivity index (χ4n) is 4.12. The molecule has 1 heterocycles. The number of methoxy groups -OCH3 is 1. The highest BCUT2D eigenvalue weighted by Crippen LogP contribution is 2.45. The van der Waals surface area contributed by atoms with E-state index in [0.29, 0.717) is 6.61 Å². The molecule has 1 aromatic rings. The van der Waals surface area contributed by atoms with Gasteiger partial charge < -0.3 is 15.4 Å². The quantitative estimate of drug-likeness (QED) is 0.736. The molecule has 0 spiro atoms. The Morgan fingerprint density at radius 2 is 1.81 bits per heavy atom. The monoisotopic (exact) mass is 398 g/mol. The van der Waals surface area contributed by atoms with Crippen LogP contribution in [0.2, 0.25) is 0 Å². The topological polar surface area (TPSA) is 50.4 Å². The van der Waals surface area contributed by atoms with Crippen LogP contribution in [0.5, 0.6) is 0 Å². The summed E-state index contributed by atoms with van der Waals surface area (Å²) >= 11 is 1.94. The van der Waals surface area contributed by atoms with Gasteiger partial charge in [0, 0.05) is 23.3 Å². The Morgan fingerprint density at radius 3 is 2.42 bits per heavy atom. The fraction of sp³-hybridized carbons (Fsp3) is 0.650. The minimum Gasteiger partial charge on any atom is -0.384 e. The van der Waals surface area contributed by atoms with Crippen molar-refractivity contribution in [3.8, 4) is 0 Å². The molecule has 1 aliphatic carbocycles. The largest absolute Gasteiger partial charge is 0.384 e. The number of amides is 1. The molecular formula is C20H31ClN2O2S. The van der Waals surface area contributed by atoms with Crippen LogP contribution in [-0.4, -0.2) is 44.0 Å². The van der Waals surface area contributed by atoms with Gasteiger partial charge >= 0.3 is 0 Å². The smallest absolute Gasteiger partial charge is 0.228 e. The number of benzene rings is 1. The van der Waals surface area contributed by atoms with E-state index in [1.807, 2.05) is 11.8 Å². The summed E-state index contributed by atoms with van der Waals surface area (Å²) in [5.41, 5.74) is -0.364. The van der Waals surface area contributed by atoms with Gasteiger partial charge in [-0.1, -0.05) is 31.0 Å². The van der Waals surface area contributed by atoms with Crippen molar-refractivity contribution >= 4 is 30.1 Å². The van der Waals surface area contributed by atoms with Crippen LogP contribution in [0.4, 0.5) is 0 Å². The van der Waals surface area contributed by atoms with E-state index in [1.54, 1.807) is 7.11 Å². The summed E-state index contributed by atoms with van der Waals surface area (Å²) in [7, 11) is 1.70. The average molecular weight is 399 g/mol. The average Bonchev–Trinajstić information content (AvgIpc) is 3.10. The molecule has 26 heavy (non-hydrogen) atoms. The maximum absolute atomic E-state index is 13.0. The van der Waals surface area contributed by atoms with Gasteiger partial charge in [0.1, 0.15) is 0 Å². The molecular weight excluding hydrogens is 368 g/mol. The molecule has 1 amide bonds. The van der Waals surface area contributed by atoms with Gasteiger partial charge in [0.25, 0.3) is 0 Å². The number of rotatable bonds is 7. The number of ether oxygens (including phenoxy) is 1. The molecule has 1 saturated heterocycles. The highest BCUT2D eigenvalue weighted by Gasteiger charge is 2.42. The van der Waals surface area contributed by atoms with Crippen LogP contribution >= 0.6 is 24.2 Å². The first-order chi connectivity index (χ1) is 12.2. The number of carbonyl (C=O) groups excluding carboxylic acids is 1. The summed E-state index contributed by atoms with van der Waals surface area (Å²) in [6, 6.07) is 10.6. The number of halogens is 1. The molecule has 0 unspecified atom stereocenters. The van der Waals surface area contributed by atoms with Crippen LogP contribution in [0.15, 0.2) is 35.2 Å². The van der Waals surface area contributed by atoms with Gasteiger partial charge in [-0.2, -0.15) is 0 Å². The second kappa shape index (κ2) is 9.98. The summed E-state index contributed by atoms with van der Waals surface area (Å²) < 4.78 is 5.54. The van der Waals surface area contributed by atoms with Crippen molar-refractivity contribution in [1.82, 2.24) is 10.6 Å². The van der Waals surface area contributed by atoms with E-state index in [2.05, 4.69) is 41.0 Å². The Kier molecular flexibility index (Phi) is 8.27. The number of thioether (sulfide) groups is 1. The second-order valence-corrected chi connectivity index (χ2v) is 8.99. The second-order valence-electron chi connectivity index (χ2n) is 7.45. The van der Waals surface area contributed by atoms with E-state index < -0.39 is 0 Å². The Hall–Kier alpha value is -0.750. The van der Waals surface area contributed by atoms with Crippen LogP contribution in [0.25, 0.3) is 0 Å². The normalized spacial score (nSPS) is 21.0. The lowest BCUT2D eigenvalue weighted by Gasteiger charge is -2.37. The number of nitrogens with one attached hydrogen (secondary N) is 2. The molecule has 1 aromatic carbocycles. The third kappa shape index (κ3) is 5.16. The van der Waals surface area contributed by atoms with Crippen LogP contribution in [0, 0.1) is 5.41 Å². The van der Waals surface area contributed by atoms with Gasteiger partial charge in [-0.15, -0.1) is 24.2 Å². The van der Waals surface area contributed by atoms with Crippen molar-refractivity contribution < 1.29 is 9.53 Å². The number of carbonyl (C=O) groups is 1. The summed E-state index contributed by atoms with van der Waals surface area (Å²) in [6.07, 6.45) is 6.56. The standard InChI is InChI=1S/C20H30N2O2S.ClH/c1-24-16-19(11-13-21-14-12-19)18(23)22-15-20(9-5-6-10-20)25-17-7-3-2-4-8-17;/h2-4,7-8,21H,5-6,9-16H2,1H3,(H,22,23);1H. The van der Waals surface area contributed by atoms with E-state index >= 15 is 0 Å². The number of piperidine rings is 1. The zero-order valence-corrected chi connectivity index (χ0v) is 17.2. The van der Waals surface area contributed by atoms with Gasteiger partial charge in [0.15, 0.2) is 0 Å². The van der Waals surface area contributed by atoms with Gasteiger partial charge in [-0.05, 0) is 50.9 Å². The summed E-state index contributed by atoms with van der Waals surface area (Å²) in [5, 5.41) is 6.66. The lowest BCUT2D eigenvalue weighted by molar-refractivity contribution is -0.136. The third-order valence-corrected chi connectivity index (χ3v) is 7.12. The number of hydrogen-bond donors (Lipinski definition) is 2. The van der Waals surface area contributed by atoms with Crippen molar-refractivity contribution in [1.29, 1.82) is 0 Å². The molecule has 1 aliphatic heterocycles. The van der Waals surface area contributed by atoms with E-state index in [1.165, 1.54) is 30.6 Å². The molecule has 0 bridgehead atoms. The molecule has 146 valence electrons. The molecule has 0 atom stereocenters. The van der Waals surface area contributed by atoms with E-state index in [4.69, 9.17) is 4.74 Å². The predicted molar refractivity (Wildman–Crippen MR) is 110 cm³/mol. The Balaban J connectivity index is 0.00000243. The molecule has 2 fully saturated rings. The van der Waals surface area contributed by atoms with E-state index in [-0.39, 0.29) is 28.5 Å². The SMILES string of the molecule is COCC1(C(=O)NCC2(Sc3ccccc3)CCCC2)CCNCC1.Cl. The molecule has 2 N–H and O–H groups in total. The van der Waals surface area contributed by atoms with Crippen molar-refractivity contribution in [2.45, 2.75) is 48.2 Å². The minimum atomic E-state index is -0.364. The lowest BCUT2D eigenvalue weighted by atomic mass is 9.78. The van der Waals surface area contributed by atoms with Crippen LogP contribution in [0.3, 0.4) is 0 Å². The molecule has 0 radical (unpaired) electrons. The van der Waals surface area contributed by atoms with Gasteiger partial charge in [0.05, 0.1) is 12.0 Å². The lowest BCUT2D eigenvalue weighted by Crippen LogP contribution is -2.52. The maximum atomic E-state index is 13.0. The first-order valence-electron chi connectivity index (χ1n) is 9.40. The van der Waals surface area contributed by atoms with Crippen LogP contribution < -0.4 is 10.6 Å². The molecule has 2 aliphatic rings. The maximum Gasteiger partial charge on any atom is 0.228 e. The van der Waals surface area contributed by atoms with Crippen LogP contribution in [-0.2, 0) is 9.53 Å². The molecule has 4 nitrogen and oxygen atoms in total. The molecule has 1 saturated carbocycles. The molecule has 3 rings (SSSR count). The van der Waals surface area contributed by atoms with Gasteiger partial charge in [-0.25, -0.2) is 0 Å². The Labute approximate surface area is 167 Å². The van der Waals surface area contributed by atoms with Gasteiger partial charge in [-0.3, -0.25) is 4.79 Å². The first kappa shape index (κ1) is 21.5. The zero-order valence-electron chi connectivity index (χ0n) is 15.6. The zero-order chi connectivity index (χ0) is 17.6. The molecule has 0 aromatic heterocycles. The van der Waals surface area contributed by atoms with Crippen LogP contribution in [0.1, 0.15) is 38.5 Å². The highest BCUT2D eigenvalue weighted by molar-refractivity contribution is 8.00. The minimum absolute atomic E-state index is 0. The van der Waals surface area contributed by atoms with E-state index in [0.717, 1.165) is 32.5 Å². The fourth-order valence-corrected chi connectivity index (χ4v) is 5.55. The molecule has 6 heteroatoms. The summed E-state index contributed by atoms with van der Waals surface area (Å²) in [6.45, 7) is 3.05. The Bertz CT molecular complexity index is 553. The summed E-state index contributed by atoms with van der Waals surface area (Å²) in [4.78, 5) is 14.3. The number of hydrogen-bond acceptors (Lipinski definition) is 4. The third-order valence-electron chi connectivity index (χ3n) is 5.63. The van der Waals surface area contributed by atoms with E-state index in [9.17, 15) is 4.79 Å². The van der Waals surface area contributed by atoms with Crippen molar-refractivity contribution in [2.75, 3.05) is 33.4 Å². The first-order valence-corrected chi connectivity index (χ1v) is 10.2. The summed E-state index contributed by atoms with van der Waals surface area (Å²) in [5.74, 6) is 0.177. The van der Waals surface area contributed by atoms with Gasteiger partial charge in [0.2, 0.25) is 5.91 Å². The van der Waals surface area contributed by atoms with Crippen molar-refractivity contribution in [3.05, 3.63) is 30.3 Å². The predicted octanol–water partition coefficient (Wildman–Crippen LogP) is 3.65. The highest BCUT2D eigenvalue weighted by atomic mass is 35.5. The Morgan fingerprint density at radius 1 is 1.15 bits per heavy atom. The van der Waals surface area contributed by atoms with Crippen molar-refractivity contribution in [3.63, 3.8) is 0 Å². The van der Waals surface area contributed by atoms with Crippen molar-refractivity contribution in [2.24, 2.45) is 5.41 Å².